The molecule has 0 unspecified atom stereocenters. The molecule has 0 aliphatic heterocycles. The molecule has 6 nitrogen and oxygen atoms in total. The molecule has 1 rings (SSSR count). The molecule has 92 valence electrons. The third-order valence-corrected chi connectivity index (χ3v) is 2.23. The Morgan fingerprint density at radius 2 is 2.31 bits per heavy atom. The van der Waals surface area contributed by atoms with E-state index in [1.54, 1.807) is 13.3 Å². The third-order valence-electron chi connectivity index (χ3n) is 2.23. The molecule has 1 heterocycles. The lowest BCUT2D eigenvalue weighted by Gasteiger charge is -2.13. The van der Waals surface area contributed by atoms with E-state index in [-0.39, 0.29) is 0 Å². The molecule has 0 bridgehead atoms. The minimum atomic E-state index is 0.651. The van der Waals surface area contributed by atoms with Crippen molar-refractivity contribution < 1.29 is 4.74 Å². The van der Waals surface area contributed by atoms with E-state index in [1.807, 2.05) is 18.8 Å². The molecule has 0 aliphatic rings. The quantitative estimate of drug-likeness (QED) is 0.646. The molecule has 0 saturated carbocycles. The van der Waals surface area contributed by atoms with Gasteiger partial charge in [0.05, 0.1) is 25.0 Å². The van der Waals surface area contributed by atoms with Gasteiger partial charge in [0.25, 0.3) is 0 Å². The number of nitrogens with two attached hydrogens (primary N) is 1. The molecule has 0 spiro atoms. The van der Waals surface area contributed by atoms with Crippen LogP contribution in [-0.2, 0) is 11.3 Å². The maximum Gasteiger partial charge on any atom is 0.147 e. The summed E-state index contributed by atoms with van der Waals surface area (Å²) in [6.45, 7) is 3.13. The van der Waals surface area contributed by atoms with E-state index in [9.17, 15) is 0 Å². The molecule has 1 aromatic rings. The van der Waals surface area contributed by atoms with Crippen LogP contribution < -0.4 is 11.1 Å². The Morgan fingerprint density at radius 3 is 2.94 bits per heavy atom. The fourth-order valence-electron chi connectivity index (χ4n) is 1.33. The van der Waals surface area contributed by atoms with E-state index < -0.39 is 0 Å². The monoisotopic (exact) mass is 227 g/mol. The molecule has 0 amide bonds. The van der Waals surface area contributed by atoms with Gasteiger partial charge in [-0.1, -0.05) is 0 Å². The number of methoxy groups -OCH3 is 1. The Hall–Kier alpha value is -1.27. The summed E-state index contributed by atoms with van der Waals surface area (Å²) in [7, 11) is 5.74. The first kappa shape index (κ1) is 12.8. The molecule has 16 heavy (non-hydrogen) atoms. The number of nitrogens with one attached hydrogen (secondary N) is 1. The van der Waals surface area contributed by atoms with Gasteiger partial charge < -0.3 is 20.7 Å². The first-order chi connectivity index (χ1) is 7.65. The molecule has 0 saturated heterocycles. The van der Waals surface area contributed by atoms with Crippen LogP contribution in [0.2, 0.25) is 0 Å². The zero-order valence-corrected chi connectivity index (χ0v) is 10.2. The van der Waals surface area contributed by atoms with Crippen LogP contribution in [-0.4, -0.2) is 55.6 Å². The molecule has 0 atom stereocenters. The SMILES string of the molecule is COCCNc1c(N)cnn1CCN(C)C. The lowest BCUT2D eigenvalue weighted by Crippen LogP contribution is -2.21. The highest BCUT2D eigenvalue weighted by Gasteiger charge is 2.07. The number of aromatic nitrogens is 2. The largest absolute Gasteiger partial charge is 0.394 e. The number of nitrogen functional groups attached to an aromatic ring is 1. The molecule has 3 N–H and O–H groups in total. The summed E-state index contributed by atoms with van der Waals surface area (Å²) in [6, 6.07) is 0. The van der Waals surface area contributed by atoms with E-state index in [2.05, 4.69) is 15.3 Å². The minimum Gasteiger partial charge on any atom is -0.394 e. The van der Waals surface area contributed by atoms with Crippen molar-refractivity contribution in [1.82, 2.24) is 14.7 Å². The van der Waals surface area contributed by atoms with Crippen molar-refractivity contribution in [2.45, 2.75) is 6.54 Å². The fraction of sp³-hybridized carbons (Fsp3) is 0.700. The van der Waals surface area contributed by atoms with Crippen molar-refractivity contribution in [1.29, 1.82) is 0 Å². The highest BCUT2D eigenvalue weighted by Crippen LogP contribution is 2.16. The summed E-state index contributed by atoms with van der Waals surface area (Å²) in [4.78, 5) is 2.11. The Morgan fingerprint density at radius 1 is 1.56 bits per heavy atom. The summed E-state index contributed by atoms with van der Waals surface area (Å²) in [5.41, 5.74) is 6.51. The zero-order valence-electron chi connectivity index (χ0n) is 10.2. The number of hydrogen-bond donors (Lipinski definition) is 2. The highest BCUT2D eigenvalue weighted by atomic mass is 16.5. The van der Waals surface area contributed by atoms with Gasteiger partial charge in [0.15, 0.2) is 0 Å². The second-order valence-corrected chi connectivity index (χ2v) is 3.89. The van der Waals surface area contributed by atoms with Crippen LogP contribution in [0.15, 0.2) is 6.20 Å². The first-order valence-electron chi connectivity index (χ1n) is 5.34. The zero-order chi connectivity index (χ0) is 12.0. The van der Waals surface area contributed by atoms with Gasteiger partial charge in [-0.25, -0.2) is 4.68 Å². The smallest absolute Gasteiger partial charge is 0.147 e. The highest BCUT2D eigenvalue weighted by molar-refractivity contribution is 5.60. The Labute approximate surface area is 96.4 Å². The molecule has 1 aromatic heterocycles. The van der Waals surface area contributed by atoms with Crippen molar-refractivity contribution in [3.05, 3.63) is 6.20 Å². The van der Waals surface area contributed by atoms with Crippen molar-refractivity contribution in [3.63, 3.8) is 0 Å². The predicted octanol–water partition coefficient (Wildman–Crippen LogP) is 0.0852. The normalized spacial score (nSPS) is 11.0. The maximum atomic E-state index is 5.83. The van der Waals surface area contributed by atoms with Crippen molar-refractivity contribution in [2.24, 2.45) is 0 Å². The Balaban J connectivity index is 2.55. The molecular formula is C10H21N5O. The van der Waals surface area contributed by atoms with E-state index >= 15 is 0 Å². The third kappa shape index (κ3) is 3.71. The van der Waals surface area contributed by atoms with Gasteiger partial charge in [-0.05, 0) is 14.1 Å². The number of anilines is 2. The number of hydrogen-bond acceptors (Lipinski definition) is 5. The van der Waals surface area contributed by atoms with Crippen LogP contribution in [0.1, 0.15) is 0 Å². The molecular weight excluding hydrogens is 206 g/mol. The first-order valence-corrected chi connectivity index (χ1v) is 5.34. The second-order valence-electron chi connectivity index (χ2n) is 3.89. The topological polar surface area (TPSA) is 68.3 Å². The number of rotatable bonds is 7. The van der Waals surface area contributed by atoms with Gasteiger partial charge in [-0.2, -0.15) is 5.10 Å². The Bertz CT molecular complexity index is 310. The summed E-state index contributed by atoms with van der Waals surface area (Å²) < 4.78 is 6.86. The number of nitrogens with zero attached hydrogens (tertiary/aromatic N) is 3. The fourth-order valence-corrected chi connectivity index (χ4v) is 1.33. The molecule has 0 aliphatic carbocycles. The van der Waals surface area contributed by atoms with Crippen LogP contribution in [0.3, 0.4) is 0 Å². The van der Waals surface area contributed by atoms with Crippen molar-refractivity contribution in [2.75, 3.05) is 52.0 Å². The number of likely N-dealkylation sites (N-methyl/N-ethyl adjacent to an activating group) is 1. The molecule has 6 heteroatoms. The van der Waals surface area contributed by atoms with Crippen molar-refractivity contribution >= 4 is 11.5 Å². The van der Waals surface area contributed by atoms with Gasteiger partial charge in [-0.15, -0.1) is 0 Å². The van der Waals surface area contributed by atoms with Crippen LogP contribution in [0.25, 0.3) is 0 Å². The van der Waals surface area contributed by atoms with Gasteiger partial charge in [-0.3, -0.25) is 0 Å². The van der Waals surface area contributed by atoms with Gasteiger partial charge in [0.1, 0.15) is 5.82 Å². The van der Waals surface area contributed by atoms with Crippen molar-refractivity contribution in [3.8, 4) is 0 Å². The van der Waals surface area contributed by atoms with Gasteiger partial charge >= 0.3 is 0 Å². The average molecular weight is 227 g/mol. The molecule has 0 radical (unpaired) electrons. The maximum absolute atomic E-state index is 5.83. The van der Waals surface area contributed by atoms with Gasteiger partial charge in [0.2, 0.25) is 0 Å². The van der Waals surface area contributed by atoms with Crippen LogP contribution in [0.4, 0.5) is 11.5 Å². The van der Waals surface area contributed by atoms with Crippen LogP contribution in [0.5, 0.6) is 0 Å². The molecule has 0 fully saturated rings. The van der Waals surface area contributed by atoms with E-state index in [0.717, 1.165) is 25.5 Å². The van der Waals surface area contributed by atoms with E-state index in [4.69, 9.17) is 10.5 Å². The van der Waals surface area contributed by atoms with Gasteiger partial charge in [0, 0.05) is 20.2 Å². The van der Waals surface area contributed by atoms with E-state index in [1.165, 1.54) is 0 Å². The lowest BCUT2D eigenvalue weighted by molar-refractivity contribution is 0.210. The van der Waals surface area contributed by atoms with Crippen LogP contribution >= 0.6 is 0 Å². The Kier molecular flexibility index (Phi) is 5.07. The standard InChI is InChI=1S/C10H21N5O/c1-14(2)5-6-15-10(9(11)8-13-15)12-4-7-16-3/h8,12H,4-7,11H2,1-3H3. The average Bonchev–Trinajstić information content (AvgIpc) is 2.58. The summed E-state index contributed by atoms with van der Waals surface area (Å²) in [6.07, 6.45) is 1.67. The number of ether oxygens (including phenoxy) is 1. The summed E-state index contributed by atoms with van der Waals surface area (Å²) >= 11 is 0. The molecule has 0 aromatic carbocycles. The summed E-state index contributed by atoms with van der Waals surface area (Å²) in [5.74, 6) is 0.874. The lowest BCUT2D eigenvalue weighted by atomic mass is 10.5. The predicted molar refractivity (Wildman–Crippen MR) is 65.6 cm³/mol. The summed E-state index contributed by atoms with van der Waals surface area (Å²) in [5, 5.41) is 7.45. The second kappa shape index (κ2) is 6.34. The minimum absolute atomic E-state index is 0.651. The van der Waals surface area contributed by atoms with E-state index in [0.29, 0.717) is 12.3 Å². The van der Waals surface area contributed by atoms with Crippen LogP contribution in [0, 0.1) is 0 Å².